The summed E-state index contributed by atoms with van der Waals surface area (Å²) in [7, 11) is 1.85. The lowest BCUT2D eigenvalue weighted by Gasteiger charge is -2.25. The normalized spacial score (nSPS) is 17.7. The summed E-state index contributed by atoms with van der Waals surface area (Å²) in [6.45, 7) is 0. The molecule has 1 fully saturated rings. The number of hydrogen-bond acceptors (Lipinski definition) is 6. The van der Waals surface area contributed by atoms with Crippen LogP contribution in [0, 0.1) is 5.82 Å². The molecule has 0 saturated carbocycles. The van der Waals surface area contributed by atoms with Gasteiger partial charge in [0, 0.05) is 43.5 Å². The summed E-state index contributed by atoms with van der Waals surface area (Å²) in [4.78, 5) is 15.3. The number of aromatic nitrogens is 5. The summed E-state index contributed by atoms with van der Waals surface area (Å²) in [5.41, 5.74) is 9.24. The Morgan fingerprint density at radius 3 is 2.88 bits per heavy atom. The molecule has 0 bridgehead atoms. The highest BCUT2D eigenvalue weighted by atomic mass is 19.1. The molecule has 5 heterocycles. The van der Waals surface area contributed by atoms with Crippen LogP contribution >= 0.6 is 0 Å². The molecule has 0 spiro atoms. The van der Waals surface area contributed by atoms with Crippen molar-refractivity contribution in [2.75, 3.05) is 5.32 Å². The van der Waals surface area contributed by atoms with Crippen LogP contribution in [0.1, 0.15) is 11.9 Å². The molecule has 6 rings (SSSR count). The Bertz CT molecular complexity index is 1400. The second-order valence-electron chi connectivity index (χ2n) is 7.56. The lowest BCUT2D eigenvalue weighted by atomic mass is 10.2. The molecule has 33 heavy (non-hydrogen) atoms. The molecule has 11 heteroatoms. The molecule has 1 unspecified atom stereocenters. The number of nitrogens with one attached hydrogen (secondary N) is 3. The fourth-order valence-electron chi connectivity index (χ4n) is 3.82. The average Bonchev–Trinajstić information content (AvgIpc) is 3.54. The van der Waals surface area contributed by atoms with Crippen molar-refractivity contribution in [2.45, 2.75) is 6.17 Å². The SMILES string of the molecule is Cn1nccc1Nc1nccc(-c2cc3n(c2)C=CN2C(=Nc4ccccc4F)NNC32)n1. The molecule has 1 atom stereocenters. The number of hydrazine groups is 1. The smallest absolute Gasteiger partial charge is 0.228 e. The van der Waals surface area contributed by atoms with Gasteiger partial charge in [-0.15, -0.1) is 0 Å². The van der Waals surface area contributed by atoms with Gasteiger partial charge in [-0.2, -0.15) is 5.10 Å². The van der Waals surface area contributed by atoms with Crippen molar-refractivity contribution >= 4 is 29.6 Å². The molecular weight excluding hydrogens is 423 g/mol. The van der Waals surface area contributed by atoms with E-state index in [4.69, 9.17) is 0 Å². The molecule has 0 aliphatic carbocycles. The summed E-state index contributed by atoms with van der Waals surface area (Å²) in [6, 6.07) is 12.2. The van der Waals surface area contributed by atoms with Crippen molar-refractivity contribution in [3.8, 4) is 11.3 Å². The fourth-order valence-corrected chi connectivity index (χ4v) is 3.82. The van der Waals surface area contributed by atoms with Gasteiger partial charge in [-0.3, -0.25) is 15.0 Å². The highest BCUT2D eigenvalue weighted by Gasteiger charge is 2.33. The standard InChI is InChI=1S/C22H19FN10/c1-31-19(7-9-25-31)28-21-24-8-6-16(26-21)14-12-18-20-29-30-22(33(20)11-10-32(18)13-14)27-17-5-3-2-4-15(17)23/h2-13,20,29H,1H3,(H,27,30)(H,24,26,28). The van der Waals surface area contributed by atoms with Gasteiger partial charge >= 0.3 is 0 Å². The molecule has 0 radical (unpaired) electrons. The highest BCUT2D eigenvalue weighted by molar-refractivity contribution is 5.86. The van der Waals surface area contributed by atoms with Gasteiger partial charge in [0.25, 0.3) is 0 Å². The highest BCUT2D eigenvalue weighted by Crippen LogP contribution is 2.32. The topological polar surface area (TPSA) is 100 Å². The molecule has 3 aromatic heterocycles. The zero-order valence-corrected chi connectivity index (χ0v) is 17.5. The fraction of sp³-hybridized carbons (Fsp3) is 0.0909. The molecule has 164 valence electrons. The number of rotatable bonds is 4. The molecule has 2 aliphatic heterocycles. The Balaban J connectivity index is 1.28. The number of halogens is 1. The second-order valence-corrected chi connectivity index (χ2v) is 7.56. The van der Waals surface area contributed by atoms with E-state index in [1.54, 1.807) is 35.3 Å². The molecule has 3 N–H and O–H groups in total. The quantitative estimate of drug-likeness (QED) is 0.447. The minimum Gasteiger partial charge on any atom is -0.322 e. The first kappa shape index (κ1) is 19.2. The number of aryl methyl sites for hydroxylation is 1. The van der Waals surface area contributed by atoms with Crippen molar-refractivity contribution in [1.82, 2.24) is 40.1 Å². The number of para-hydroxylation sites is 1. The minimum absolute atomic E-state index is 0.205. The lowest BCUT2D eigenvalue weighted by Crippen LogP contribution is -2.29. The third-order valence-corrected chi connectivity index (χ3v) is 5.48. The Morgan fingerprint density at radius 1 is 1.12 bits per heavy atom. The summed E-state index contributed by atoms with van der Waals surface area (Å²) < 4.78 is 17.8. The van der Waals surface area contributed by atoms with E-state index >= 15 is 0 Å². The van der Waals surface area contributed by atoms with Gasteiger partial charge in [0.15, 0.2) is 0 Å². The Kier molecular flexibility index (Phi) is 4.40. The predicted molar refractivity (Wildman–Crippen MR) is 122 cm³/mol. The van der Waals surface area contributed by atoms with E-state index < -0.39 is 0 Å². The van der Waals surface area contributed by atoms with Crippen LogP contribution in [0.2, 0.25) is 0 Å². The summed E-state index contributed by atoms with van der Waals surface area (Å²) in [5.74, 6) is 1.42. The van der Waals surface area contributed by atoms with Gasteiger partial charge < -0.3 is 9.88 Å². The minimum atomic E-state index is -0.374. The van der Waals surface area contributed by atoms with Gasteiger partial charge in [0.2, 0.25) is 11.9 Å². The van der Waals surface area contributed by atoms with E-state index in [0.29, 0.717) is 11.9 Å². The third kappa shape index (κ3) is 3.40. The molecule has 1 saturated heterocycles. The van der Waals surface area contributed by atoms with Crippen LogP contribution in [0.4, 0.5) is 21.8 Å². The first-order valence-electron chi connectivity index (χ1n) is 10.3. The number of aliphatic imine (C=N–C) groups is 1. The van der Waals surface area contributed by atoms with Gasteiger partial charge in [-0.05, 0) is 24.3 Å². The second kappa shape index (κ2) is 7.57. The summed E-state index contributed by atoms with van der Waals surface area (Å²) in [6.07, 6.45) is 9.04. The maximum absolute atomic E-state index is 14.1. The van der Waals surface area contributed by atoms with Crippen LogP contribution in [-0.2, 0) is 7.05 Å². The van der Waals surface area contributed by atoms with Gasteiger partial charge in [-0.1, -0.05) is 12.1 Å². The Morgan fingerprint density at radius 2 is 2.03 bits per heavy atom. The predicted octanol–water partition coefficient (Wildman–Crippen LogP) is 3.10. The van der Waals surface area contributed by atoms with E-state index in [9.17, 15) is 4.39 Å². The van der Waals surface area contributed by atoms with Crippen molar-refractivity contribution in [2.24, 2.45) is 12.0 Å². The number of benzene rings is 1. The van der Waals surface area contributed by atoms with Crippen molar-refractivity contribution in [3.05, 3.63) is 78.8 Å². The lowest BCUT2D eigenvalue weighted by molar-refractivity contribution is 0.375. The maximum Gasteiger partial charge on any atom is 0.228 e. The maximum atomic E-state index is 14.1. The van der Waals surface area contributed by atoms with E-state index in [2.05, 4.69) is 42.3 Å². The van der Waals surface area contributed by atoms with Crippen LogP contribution < -0.4 is 16.2 Å². The number of anilines is 2. The number of guanidine groups is 1. The van der Waals surface area contributed by atoms with E-state index in [-0.39, 0.29) is 17.7 Å². The van der Waals surface area contributed by atoms with Crippen LogP contribution in [-0.4, -0.2) is 35.2 Å². The monoisotopic (exact) mass is 442 g/mol. The van der Waals surface area contributed by atoms with Crippen molar-refractivity contribution in [1.29, 1.82) is 0 Å². The first-order chi connectivity index (χ1) is 16.2. The zero-order valence-electron chi connectivity index (χ0n) is 17.5. The average molecular weight is 442 g/mol. The van der Waals surface area contributed by atoms with Gasteiger partial charge in [0.05, 0.1) is 17.6 Å². The van der Waals surface area contributed by atoms with Crippen LogP contribution in [0.3, 0.4) is 0 Å². The molecule has 4 aromatic rings. The van der Waals surface area contributed by atoms with E-state index in [0.717, 1.165) is 22.8 Å². The Labute approximate surface area is 188 Å². The third-order valence-electron chi connectivity index (χ3n) is 5.48. The molecule has 1 aromatic carbocycles. The summed E-state index contributed by atoms with van der Waals surface area (Å²) in [5, 5.41) is 7.32. The number of nitrogens with zero attached hydrogens (tertiary/aromatic N) is 7. The summed E-state index contributed by atoms with van der Waals surface area (Å²) >= 11 is 0. The van der Waals surface area contributed by atoms with Gasteiger partial charge in [0.1, 0.15) is 23.5 Å². The molecule has 0 amide bonds. The van der Waals surface area contributed by atoms with E-state index in [1.165, 1.54) is 6.07 Å². The van der Waals surface area contributed by atoms with Crippen molar-refractivity contribution in [3.63, 3.8) is 0 Å². The van der Waals surface area contributed by atoms with Crippen LogP contribution in [0.5, 0.6) is 0 Å². The van der Waals surface area contributed by atoms with E-state index in [1.807, 2.05) is 47.2 Å². The number of hydrogen-bond donors (Lipinski definition) is 3. The van der Waals surface area contributed by atoms with Crippen molar-refractivity contribution < 1.29 is 4.39 Å². The first-order valence-corrected chi connectivity index (χ1v) is 10.3. The van der Waals surface area contributed by atoms with Crippen LogP contribution in [0.25, 0.3) is 17.5 Å². The van der Waals surface area contributed by atoms with Gasteiger partial charge in [-0.25, -0.2) is 24.8 Å². The largest absolute Gasteiger partial charge is 0.322 e. The molecule has 2 aliphatic rings. The Hall–Kier alpha value is -4.51. The molecular formula is C22H19FN10. The zero-order chi connectivity index (χ0) is 22.4. The van der Waals surface area contributed by atoms with Crippen LogP contribution in [0.15, 0.2) is 72.2 Å². The number of fused-ring (bicyclic) bond motifs is 3. The molecule has 10 nitrogen and oxygen atoms in total.